The SMILES string of the molecule is CN(C)C[C@@H]1COCC[C@@]1(O)c1cccc(O)c1. The van der Waals surface area contributed by atoms with Gasteiger partial charge in [0.15, 0.2) is 0 Å². The van der Waals surface area contributed by atoms with Gasteiger partial charge in [0.25, 0.3) is 0 Å². The molecular formula is C14H21NO3. The molecule has 0 bridgehead atoms. The molecule has 1 saturated heterocycles. The van der Waals surface area contributed by atoms with E-state index in [0.29, 0.717) is 19.6 Å². The maximum absolute atomic E-state index is 11.0. The Labute approximate surface area is 108 Å². The molecule has 0 aromatic heterocycles. The second-order valence-electron chi connectivity index (χ2n) is 5.26. The summed E-state index contributed by atoms with van der Waals surface area (Å²) in [5.41, 5.74) is -0.140. The highest BCUT2D eigenvalue weighted by Crippen LogP contribution is 2.37. The van der Waals surface area contributed by atoms with Crippen LogP contribution in [0.1, 0.15) is 12.0 Å². The summed E-state index contributed by atoms with van der Waals surface area (Å²) in [4.78, 5) is 2.05. The summed E-state index contributed by atoms with van der Waals surface area (Å²) in [6, 6.07) is 6.90. The monoisotopic (exact) mass is 251 g/mol. The van der Waals surface area contributed by atoms with Crippen molar-refractivity contribution in [1.82, 2.24) is 4.90 Å². The van der Waals surface area contributed by atoms with Gasteiger partial charge in [0.05, 0.1) is 12.2 Å². The van der Waals surface area contributed by atoms with E-state index in [1.807, 2.05) is 25.1 Å². The normalized spacial score (nSPS) is 28.6. The molecular weight excluding hydrogens is 230 g/mol. The number of hydrogen-bond acceptors (Lipinski definition) is 4. The van der Waals surface area contributed by atoms with Gasteiger partial charge in [-0.05, 0) is 31.8 Å². The zero-order valence-corrected chi connectivity index (χ0v) is 11.0. The van der Waals surface area contributed by atoms with Gasteiger partial charge in [0.1, 0.15) is 5.75 Å². The molecule has 1 aliphatic rings. The third kappa shape index (κ3) is 2.66. The van der Waals surface area contributed by atoms with Crippen molar-refractivity contribution in [2.24, 2.45) is 5.92 Å². The van der Waals surface area contributed by atoms with Crippen molar-refractivity contribution in [1.29, 1.82) is 0 Å². The van der Waals surface area contributed by atoms with Crippen LogP contribution in [-0.2, 0) is 10.3 Å². The second-order valence-corrected chi connectivity index (χ2v) is 5.26. The lowest BCUT2D eigenvalue weighted by atomic mass is 9.77. The molecule has 4 heteroatoms. The number of nitrogens with zero attached hydrogens (tertiary/aromatic N) is 1. The van der Waals surface area contributed by atoms with Crippen molar-refractivity contribution in [2.45, 2.75) is 12.0 Å². The third-order valence-corrected chi connectivity index (χ3v) is 3.55. The number of phenols is 1. The minimum atomic E-state index is -0.915. The average molecular weight is 251 g/mol. The van der Waals surface area contributed by atoms with Crippen molar-refractivity contribution >= 4 is 0 Å². The topological polar surface area (TPSA) is 52.9 Å². The Balaban J connectivity index is 2.29. The number of rotatable bonds is 3. The molecule has 1 aliphatic heterocycles. The number of phenolic OH excluding ortho intramolecular Hbond substituents is 1. The lowest BCUT2D eigenvalue weighted by molar-refractivity contribution is -0.123. The Morgan fingerprint density at radius 3 is 2.89 bits per heavy atom. The molecule has 100 valence electrons. The molecule has 1 aromatic rings. The Morgan fingerprint density at radius 2 is 2.22 bits per heavy atom. The number of aromatic hydroxyl groups is 1. The molecule has 2 rings (SSSR count). The molecule has 4 nitrogen and oxygen atoms in total. The summed E-state index contributed by atoms with van der Waals surface area (Å²) in [5.74, 6) is 0.207. The molecule has 1 heterocycles. The molecule has 0 saturated carbocycles. The van der Waals surface area contributed by atoms with Crippen molar-refractivity contribution < 1.29 is 14.9 Å². The second kappa shape index (κ2) is 5.26. The highest BCUT2D eigenvalue weighted by molar-refractivity contribution is 5.32. The van der Waals surface area contributed by atoms with E-state index < -0.39 is 5.60 Å². The number of ether oxygens (including phenoxy) is 1. The first-order valence-electron chi connectivity index (χ1n) is 6.27. The Bertz CT molecular complexity index is 408. The summed E-state index contributed by atoms with van der Waals surface area (Å²) < 4.78 is 5.48. The fourth-order valence-electron chi connectivity index (χ4n) is 2.60. The van der Waals surface area contributed by atoms with E-state index in [1.54, 1.807) is 18.2 Å². The van der Waals surface area contributed by atoms with Crippen LogP contribution in [0.15, 0.2) is 24.3 Å². The van der Waals surface area contributed by atoms with Crippen LogP contribution in [0.2, 0.25) is 0 Å². The molecule has 0 spiro atoms. The van der Waals surface area contributed by atoms with Crippen LogP contribution in [0.5, 0.6) is 5.75 Å². The quantitative estimate of drug-likeness (QED) is 0.847. The summed E-state index contributed by atoms with van der Waals surface area (Å²) in [6.07, 6.45) is 0.564. The minimum absolute atomic E-state index is 0.0167. The molecule has 1 aromatic carbocycles. The fourth-order valence-corrected chi connectivity index (χ4v) is 2.60. The smallest absolute Gasteiger partial charge is 0.115 e. The lowest BCUT2D eigenvalue weighted by Crippen LogP contribution is -2.47. The number of benzene rings is 1. The van der Waals surface area contributed by atoms with E-state index in [2.05, 4.69) is 0 Å². The van der Waals surface area contributed by atoms with E-state index in [0.717, 1.165) is 12.1 Å². The third-order valence-electron chi connectivity index (χ3n) is 3.55. The highest BCUT2D eigenvalue weighted by atomic mass is 16.5. The molecule has 0 radical (unpaired) electrons. The van der Waals surface area contributed by atoms with E-state index >= 15 is 0 Å². The van der Waals surface area contributed by atoms with E-state index in [9.17, 15) is 10.2 Å². The van der Waals surface area contributed by atoms with Gasteiger partial charge >= 0.3 is 0 Å². The molecule has 2 N–H and O–H groups in total. The first-order valence-corrected chi connectivity index (χ1v) is 6.27. The van der Waals surface area contributed by atoms with Crippen molar-refractivity contribution in [3.8, 4) is 5.75 Å². The zero-order chi connectivity index (χ0) is 13.2. The van der Waals surface area contributed by atoms with Crippen molar-refractivity contribution in [3.63, 3.8) is 0 Å². The van der Waals surface area contributed by atoms with Crippen molar-refractivity contribution in [2.75, 3.05) is 33.9 Å². The van der Waals surface area contributed by atoms with Gasteiger partial charge < -0.3 is 19.8 Å². The van der Waals surface area contributed by atoms with Crippen LogP contribution in [0.4, 0.5) is 0 Å². The predicted molar refractivity (Wildman–Crippen MR) is 69.5 cm³/mol. The predicted octanol–water partition coefficient (Wildman–Crippen LogP) is 1.18. The Kier molecular flexibility index (Phi) is 3.90. The number of aliphatic hydroxyl groups is 1. The van der Waals surface area contributed by atoms with Crippen molar-refractivity contribution in [3.05, 3.63) is 29.8 Å². The Morgan fingerprint density at radius 1 is 1.44 bits per heavy atom. The van der Waals surface area contributed by atoms with Gasteiger partial charge in [-0.25, -0.2) is 0 Å². The van der Waals surface area contributed by atoms with Crippen LogP contribution in [0.3, 0.4) is 0 Å². The van der Waals surface area contributed by atoms with Crippen LogP contribution >= 0.6 is 0 Å². The van der Waals surface area contributed by atoms with Gasteiger partial charge in [-0.15, -0.1) is 0 Å². The van der Waals surface area contributed by atoms with Gasteiger partial charge in [-0.3, -0.25) is 0 Å². The Hall–Kier alpha value is -1.10. The van der Waals surface area contributed by atoms with E-state index in [4.69, 9.17) is 4.74 Å². The van der Waals surface area contributed by atoms with Gasteiger partial charge in [-0.1, -0.05) is 12.1 Å². The van der Waals surface area contributed by atoms with Crippen LogP contribution in [0.25, 0.3) is 0 Å². The summed E-state index contributed by atoms with van der Waals surface area (Å²) in [7, 11) is 3.97. The van der Waals surface area contributed by atoms with Gasteiger partial charge in [0.2, 0.25) is 0 Å². The van der Waals surface area contributed by atoms with Gasteiger partial charge in [0, 0.05) is 25.5 Å². The highest BCUT2D eigenvalue weighted by Gasteiger charge is 2.41. The number of hydrogen-bond donors (Lipinski definition) is 2. The average Bonchev–Trinajstić information content (AvgIpc) is 2.32. The molecule has 18 heavy (non-hydrogen) atoms. The fraction of sp³-hybridized carbons (Fsp3) is 0.571. The molecule has 0 unspecified atom stereocenters. The minimum Gasteiger partial charge on any atom is -0.508 e. The standard InChI is InChI=1S/C14H21NO3/c1-15(2)9-12-10-18-7-6-14(12,17)11-4-3-5-13(16)8-11/h3-5,8,12,16-17H,6-7,9-10H2,1-2H3/t12-,14-/m1/s1. The molecule has 2 atom stereocenters. The van der Waals surface area contributed by atoms with E-state index in [-0.39, 0.29) is 11.7 Å². The summed E-state index contributed by atoms with van der Waals surface area (Å²) in [6.45, 7) is 1.85. The van der Waals surface area contributed by atoms with E-state index in [1.165, 1.54) is 0 Å². The molecule has 0 amide bonds. The molecule has 0 aliphatic carbocycles. The zero-order valence-electron chi connectivity index (χ0n) is 11.0. The van der Waals surface area contributed by atoms with Crippen LogP contribution in [0, 0.1) is 5.92 Å². The summed E-state index contributed by atoms with van der Waals surface area (Å²) >= 11 is 0. The van der Waals surface area contributed by atoms with Crippen LogP contribution < -0.4 is 0 Å². The maximum Gasteiger partial charge on any atom is 0.115 e. The first-order chi connectivity index (χ1) is 8.52. The maximum atomic E-state index is 11.0. The van der Waals surface area contributed by atoms with Gasteiger partial charge in [-0.2, -0.15) is 0 Å². The largest absolute Gasteiger partial charge is 0.508 e. The first kappa shape index (κ1) is 13.3. The lowest BCUT2D eigenvalue weighted by Gasteiger charge is -2.41. The van der Waals surface area contributed by atoms with Crippen LogP contribution in [-0.4, -0.2) is 49.0 Å². The summed E-state index contributed by atoms with van der Waals surface area (Å²) in [5, 5.41) is 20.5. The molecule has 1 fully saturated rings.